The SMILES string of the molecule is CCN(CC)S(=O)(=O)c1cc(C(=O)OCC(=O)N[C@@H](C)C2CC2)ccc1Cl. The number of esters is 1. The van der Waals surface area contributed by atoms with Crippen molar-refractivity contribution in [1.29, 1.82) is 0 Å². The number of ether oxygens (including phenoxy) is 1. The van der Waals surface area contributed by atoms with E-state index in [4.69, 9.17) is 16.3 Å². The summed E-state index contributed by atoms with van der Waals surface area (Å²) in [4.78, 5) is 23.9. The smallest absolute Gasteiger partial charge is 0.338 e. The first-order chi connectivity index (χ1) is 12.7. The highest BCUT2D eigenvalue weighted by molar-refractivity contribution is 7.89. The summed E-state index contributed by atoms with van der Waals surface area (Å²) in [6.45, 7) is 5.49. The molecule has 1 amide bonds. The Hall–Kier alpha value is -1.64. The lowest BCUT2D eigenvalue weighted by molar-refractivity contribution is -0.124. The standard InChI is InChI=1S/C18H25ClN2O5S/c1-4-21(5-2)27(24,25)16-10-14(8-9-15(16)19)18(23)26-11-17(22)20-12(3)13-6-7-13/h8-10,12-13H,4-7,11H2,1-3H3,(H,20,22)/t12-/m0/s1. The average Bonchev–Trinajstić information content (AvgIpc) is 3.45. The Kier molecular flexibility index (Phi) is 7.25. The number of nitrogens with one attached hydrogen (secondary N) is 1. The summed E-state index contributed by atoms with van der Waals surface area (Å²) in [5, 5.41) is 2.81. The first kappa shape index (κ1) is 21.7. The fourth-order valence-corrected chi connectivity index (χ4v) is 4.71. The highest BCUT2D eigenvalue weighted by atomic mass is 35.5. The van der Waals surface area contributed by atoms with Gasteiger partial charge in [0.25, 0.3) is 5.91 Å². The fourth-order valence-electron chi connectivity index (χ4n) is 2.75. The minimum atomic E-state index is -3.82. The van der Waals surface area contributed by atoms with Crippen LogP contribution >= 0.6 is 11.6 Å². The van der Waals surface area contributed by atoms with Gasteiger partial charge in [0.15, 0.2) is 6.61 Å². The Morgan fingerprint density at radius 3 is 2.48 bits per heavy atom. The van der Waals surface area contributed by atoms with Crippen molar-refractivity contribution in [3.63, 3.8) is 0 Å². The van der Waals surface area contributed by atoms with Crippen LogP contribution in [0.15, 0.2) is 23.1 Å². The van der Waals surface area contributed by atoms with Gasteiger partial charge < -0.3 is 10.1 Å². The van der Waals surface area contributed by atoms with Gasteiger partial charge in [0.1, 0.15) is 4.90 Å². The van der Waals surface area contributed by atoms with Gasteiger partial charge in [-0.2, -0.15) is 4.31 Å². The predicted molar refractivity (Wildman–Crippen MR) is 102 cm³/mol. The first-order valence-electron chi connectivity index (χ1n) is 8.96. The van der Waals surface area contributed by atoms with E-state index < -0.39 is 22.6 Å². The van der Waals surface area contributed by atoms with Crippen LogP contribution in [0.5, 0.6) is 0 Å². The van der Waals surface area contributed by atoms with Crippen LogP contribution in [0, 0.1) is 5.92 Å². The monoisotopic (exact) mass is 416 g/mol. The number of halogens is 1. The molecule has 1 aromatic rings. The van der Waals surface area contributed by atoms with Crippen molar-refractivity contribution in [2.75, 3.05) is 19.7 Å². The Morgan fingerprint density at radius 1 is 1.30 bits per heavy atom. The molecule has 1 N–H and O–H groups in total. The molecule has 0 heterocycles. The minimum absolute atomic E-state index is 0.0215. The lowest BCUT2D eigenvalue weighted by Crippen LogP contribution is -2.37. The summed E-state index contributed by atoms with van der Waals surface area (Å²) in [6, 6.07) is 3.95. The van der Waals surface area contributed by atoms with Crippen molar-refractivity contribution < 1.29 is 22.7 Å². The number of sulfonamides is 1. The average molecular weight is 417 g/mol. The van der Waals surface area contributed by atoms with Crippen LogP contribution in [-0.2, 0) is 19.6 Å². The summed E-state index contributed by atoms with van der Waals surface area (Å²) in [5.74, 6) is -0.668. The normalized spacial score (nSPS) is 15.4. The summed E-state index contributed by atoms with van der Waals surface area (Å²) in [7, 11) is -3.82. The third-order valence-electron chi connectivity index (χ3n) is 4.54. The maximum Gasteiger partial charge on any atom is 0.338 e. The molecule has 0 bridgehead atoms. The Balaban J connectivity index is 2.07. The van der Waals surface area contributed by atoms with Crippen molar-refractivity contribution in [1.82, 2.24) is 9.62 Å². The number of nitrogens with zero attached hydrogens (tertiary/aromatic N) is 1. The Bertz CT molecular complexity index is 804. The van der Waals surface area contributed by atoms with Crippen molar-refractivity contribution in [2.45, 2.75) is 44.6 Å². The van der Waals surface area contributed by atoms with Crippen molar-refractivity contribution in [3.8, 4) is 0 Å². The molecule has 0 spiro atoms. The molecule has 150 valence electrons. The molecule has 1 aromatic carbocycles. The highest BCUT2D eigenvalue weighted by Gasteiger charge is 2.29. The molecule has 7 nitrogen and oxygen atoms in total. The molecule has 0 aromatic heterocycles. The van der Waals surface area contributed by atoms with E-state index in [2.05, 4.69) is 5.32 Å². The zero-order valence-corrected chi connectivity index (χ0v) is 17.3. The topological polar surface area (TPSA) is 92.8 Å². The molecule has 1 aliphatic carbocycles. The summed E-state index contributed by atoms with van der Waals surface area (Å²) >= 11 is 6.04. The number of benzene rings is 1. The molecule has 9 heteroatoms. The molecule has 0 aliphatic heterocycles. The third-order valence-corrected chi connectivity index (χ3v) is 7.07. The number of amides is 1. The van der Waals surface area contributed by atoms with E-state index in [0.29, 0.717) is 5.92 Å². The lowest BCUT2D eigenvalue weighted by atomic mass is 10.2. The lowest BCUT2D eigenvalue weighted by Gasteiger charge is -2.19. The second-order valence-electron chi connectivity index (χ2n) is 6.50. The molecule has 0 unspecified atom stereocenters. The van der Waals surface area contributed by atoms with Gasteiger partial charge in [0.2, 0.25) is 10.0 Å². The third kappa shape index (κ3) is 5.43. The second-order valence-corrected chi connectivity index (χ2v) is 8.82. The molecule has 2 rings (SSSR count). The summed E-state index contributed by atoms with van der Waals surface area (Å²) in [5.41, 5.74) is 0.0215. The minimum Gasteiger partial charge on any atom is -0.452 e. The maximum absolute atomic E-state index is 12.7. The largest absolute Gasteiger partial charge is 0.452 e. The molecular weight excluding hydrogens is 392 g/mol. The Morgan fingerprint density at radius 2 is 1.93 bits per heavy atom. The zero-order chi connectivity index (χ0) is 20.2. The highest BCUT2D eigenvalue weighted by Crippen LogP contribution is 2.32. The van der Waals surface area contributed by atoms with Gasteiger partial charge >= 0.3 is 5.97 Å². The van der Waals surface area contributed by atoms with E-state index in [1.54, 1.807) is 13.8 Å². The van der Waals surface area contributed by atoms with Gasteiger partial charge in [-0.25, -0.2) is 13.2 Å². The maximum atomic E-state index is 12.7. The van der Waals surface area contributed by atoms with Crippen LogP contribution in [-0.4, -0.2) is 50.3 Å². The van der Waals surface area contributed by atoms with Gasteiger partial charge in [-0.05, 0) is 43.9 Å². The van der Waals surface area contributed by atoms with E-state index in [0.717, 1.165) is 12.8 Å². The van der Waals surface area contributed by atoms with Gasteiger partial charge in [0.05, 0.1) is 10.6 Å². The molecule has 0 saturated heterocycles. The van der Waals surface area contributed by atoms with Crippen LogP contribution < -0.4 is 5.32 Å². The zero-order valence-electron chi connectivity index (χ0n) is 15.7. The van der Waals surface area contributed by atoms with Gasteiger partial charge in [0, 0.05) is 19.1 Å². The van der Waals surface area contributed by atoms with E-state index in [9.17, 15) is 18.0 Å². The van der Waals surface area contributed by atoms with Crippen LogP contribution in [0.4, 0.5) is 0 Å². The first-order valence-corrected chi connectivity index (χ1v) is 10.8. The molecule has 1 aliphatic rings. The summed E-state index contributed by atoms with van der Waals surface area (Å²) < 4.78 is 31.6. The fraction of sp³-hybridized carbons (Fsp3) is 0.556. The number of hydrogen-bond donors (Lipinski definition) is 1. The molecule has 1 atom stereocenters. The van der Waals surface area contributed by atoms with Crippen LogP contribution in [0.2, 0.25) is 5.02 Å². The number of carbonyl (C=O) groups excluding carboxylic acids is 2. The van der Waals surface area contributed by atoms with Crippen molar-refractivity contribution in [2.24, 2.45) is 5.92 Å². The molecule has 0 radical (unpaired) electrons. The van der Waals surface area contributed by atoms with Crippen LogP contribution in [0.25, 0.3) is 0 Å². The van der Waals surface area contributed by atoms with Gasteiger partial charge in [-0.1, -0.05) is 25.4 Å². The predicted octanol–water partition coefficient (Wildman–Crippen LogP) is 2.44. The quantitative estimate of drug-likeness (QED) is 0.624. The van der Waals surface area contributed by atoms with Crippen LogP contribution in [0.1, 0.15) is 44.0 Å². The molecule has 1 fully saturated rings. The number of hydrogen-bond acceptors (Lipinski definition) is 5. The van der Waals surface area contributed by atoms with Crippen LogP contribution in [0.3, 0.4) is 0 Å². The van der Waals surface area contributed by atoms with E-state index >= 15 is 0 Å². The Labute approximate surface area is 165 Å². The second kappa shape index (κ2) is 9.03. The molecule has 27 heavy (non-hydrogen) atoms. The van der Waals surface area contributed by atoms with Gasteiger partial charge in [-0.3, -0.25) is 4.79 Å². The van der Waals surface area contributed by atoms with Crippen molar-refractivity contribution in [3.05, 3.63) is 28.8 Å². The molecule has 1 saturated carbocycles. The number of carbonyl (C=O) groups is 2. The van der Waals surface area contributed by atoms with E-state index in [-0.39, 0.29) is 40.5 Å². The van der Waals surface area contributed by atoms with Gasteiger partial charge in [-0.15, -0.1) is 0 Å². The van der Waals surface area contributed by atoms with Crippen molar-refractivity contribution >= 4 is 33.5 Å². The summed E-state index contributed by atoms with van der Waals surface area (Å²) in [6.07, 6.45) is 2.19. The van der Waals surface area contributed by atoms with E-state index in [1.165, 1.54) is 22.5 Å². The van der Waals surface area contributed by atoms with E-state index in [1.807, 2.05) is 6.92 Å². The molecular formula is C18H25ClN2O5S. The number of rotatable bonds is 9.